The molecule has 0 radical (unpaired) electrons. The van der Waals surface area contributed by atoms with Gasteiger partial charge < -0.3 is 13.3 Å². The van der Waals surface area contributed by atoms with Gasteiger partial charge in [0.05, 0.1) is 0 Å². The molecule has 0 amide bonds. The van der Waals surface area contributed by atoms with E-state index < -0.39 is 0 Å². The van der Waals surface area contributed by atoms with Crippen LogP contribution in [0.5, 0.6) is 0 Å². The Hall–Kier alpha value is -7.10. The van der Waals surface area contributed by atoms with Crippen LogP contribution in [0.2, 0.25) is 0 Å². The number of para-hydroxylation sites is 3. The van der Waals surface area contributed by atoms with E-state index in [-0.39, 0.29) is 0 Å². The molecule has 9 aromatic carbocycles. The third-order valence-corrected chi connectivity index (χ3v) is 11.1. The molecule has 0 saturated carbocycles. The number of fused-ring (bicyclic) bond motifs is 11. The van der Waals surface area contributed by atoms with Crippen LogP contribution in [-0.2, 0) is 0 Å². The van der Waals surface area contributed by atoms with Crippen LogP contribution in [0.4, 0.5) is 0 Å². The summed E-state index contributed by atoms with van der Waals surface area (Å²) in [5.74, 6) is 0. The number of benzene rings is 9. The molecule has 0 aliphatic carbocycles. The van der Waals surface area contributed by atoms with E-state index >= 15 is 0 Å². The van der Waals surface area contributed by atoms with Crippen LogP contribution in [0.3, 0.4) is 0 Å². The van der Waals surface area contributed by atoms with Gasteiger partial charge in [-0.15, -0.1) is 0 Å². The van der Waals surface area contributed by atoms with Gasteiger partial charge in [-0.2, -0.15) is 0 Å². The summed E-state index contributed by atoms with van der Waals surface area (Å²) in [6, 6.07) is 60.0. The van der Waals surface area contributed by atoms with E-state index in [0.29, 0.717) is 0 Å². The smallest absolute Gasteiger partial charge is 0.143 e. The van der Waals surface area contributed by atoms with E-state index in [2.05, 4.69) is 146 Å². The van der Waals surface area contributed by atoms with Crippen LogP contribution in [0.25, 0.3) is 121 Å². The average Bonchev–Trinajstić information content (AvgIpc) is 3.91. The Balaban J connectivity index is 1.22. The Morgan fingerprint density at radius 2 is 0.585 bits per heavy atom. The second-order valence-corrected chi connectivity index (χ2v) is 13.9. The van der Waals surface area contributed by atoms with Crippen molar-refractivity contribution in [2.45, 2.75) is 0 Å². The zero-order chi connectivity index (χ0) is 34.6. The Kier molecular flexibility index (Phi) is 5.77. The quantitative estimate of drug-likeness (QED) is 0.175. The molecular weight excluding hydrogens is 649 g/mol. The third-order valence-electron chi connectivity index (χ3n) is 11.1. The second kappa shape index (κ2) is 10.7. The van der Waals surface area contributed by atoms with Gasteiger partial charge in [0.1, 0.15) is 33.5 Å². The third kappa shape index (κ3) is 3.94. The summed E-state index contributed by atoms with van der Waals surface area (Å²) in [6.07, 6.45) is 0. The first-order valence-corrected chi connectivity index (χ1v) is 18.0. The summed E-state index contributed by atoms with van der Waals surface area (Å²) in [6.45, 7) is 0. The van der Waals surface area contributed by atoms with Gasteiger partial charge in [0.15, 0.2) is 0 Å². The van der Waals surface area contributed by atoms with E-state index in [4.69, 9.17) is 13.3 Å². The summed E-state index contributed by atoms with van der Waals surface area (Å²) < 4.78 is 19.6. The highest BCUT2D eigenvalue weighted by Gasteiger charge is 2.24. The van der Waals surface area contributed by atoms with Crippen LogP contribution in [0.15, 0.2) is 183 Å². The Morgan fingerprint density at radius 1 is 0.226 bits per heavy atom. The molecule has 0 atom stereocenters. The molecule has 3 heterocycles. The summed E-state index contributed by atoms with van der Waals surface area (Å²) in [5.41, 5.74) is 12.1. The number of hydrogen-bond acceptors (Lipinski definition) is 3. The zero-order valence-corrected chi connectivity index (χ0v) is 28.4. The second-order valence-electron chi connectivity index (χ2n) is 13.9. The van der Waals surface area contributed by atoms with Crippen LogP contribution in [0.1, 0.15) is 0 Å². The Labute approximate surface area is 302 Å². The lowest BCUT2D eigenvalue weighted by Crippen LogP contribution is -1.92. The molecule has 53 heavy (non-hydrogen) atoms. The van der Waals surface area contributed by atoms with Crippen LogP contribution in [-0.4, -0.2) is 0 Å². The maximum atomic E-state index is 6.89. The highest BCUT2D eigenvalue weighted by molar-refractivity contribution is 6.29. The van der Waals surface area contributed by atoms with E-state index in [0.717, 1.165) is 82.5 Å². The van der Waals surface area contributed by atoms with Crippen molar-refractivity contribution < 1.29 is 13.3 Å². The number of rotatable bonds is 3. The average molecular weight is 677 g/mol. The fourth-order valence-electron chi connectivity index (χ4n) is 8.94. The van der Waals surface area contributed by atoms with Crippen molar-refractivity contribution in [1.82, 2.24) is 0 Å². The first-order chi connectivity index (χ1) is 26.3. The number of hydrogen-bond donors (Lipinski definition) is 0. The van der Waals surface area contributed by atoms with E-state index in [9.17, 15) is 0 Å². The molecule has 12 rings (SSSR count). The monoisotopic (exact) mass is 676 g/mol. The summed E-state index contributed by atoms with van der Waals surface area (Å²) in [7, 11) is 0. The summed E-state index contributed by atoms with van der Waals surface area (Å²) in [5, 5.41) is 11.4. The van der Waals surface area contributed by atoms with Gasteiger partial charge in [0.2, 0.25) is 0 Å². The van der Waals surface area contributed by atoms with Crippen molar-refractivity contribution in [2.24, 2.45) is 0 Å². The van der Waals surface area contributed by atoms with Gasteiger partial charge in [-0.3, -0.25) is 0 Å². The fraction of sp³-hybridized carbons (Fsp3) is 0. The van der Waals surface area contributed by atoms with Crippen LogP contribution < -0.4 is 0 Å². The van der Waals surface area contributed by atoms with Gasteiger partial charge in [-0.1, -0.05) is 133 Å². The summed E-state index contributed by atoms with van der Waals surface area (Å²) >= 11 is 0. The molecule has 0 aliphatic heterocycles. The van der Waals surface area contributed by atoms with Gasteiger partial charge in [0, 0.05) is 37.9 Å². The molecule has 0 spiro atoms. The molecule has 0 unspecified atom stereocenters. The highest BCUT2D eigenvalue weighted by atomic mass is 16.3. The molecule has 0 aliphatic rings. The molecular formula is C50H28O3. The molecule has 3 heteroatoms. The topological polar surface area (TPSA) is 39.4 Å². The maximum absolute atomic E-state index is 6.89. The van der Waals surface area contributed by atoms with Crippen LogP contribution in [0, 0.1) is 0 Å². The minimum absolute atomic E-state index is 0.865. The maximum Gasteiger partial charge on any atom is 0.143 e. The van der Waals surface area contributed by atoms with E-state index in [1.165, 1.54) is 38.2 Å². The van der Waals surface area contributed by atoms with Crippen molar-refractivity contribution in [2.75, 3.05) is 0 Å². The molecule has 246 valence electrons. The van der Waals surface area contributed by atoms with E-state index in [1.807, 2.05) is 24.3 Å². The number of furan rings is 3. The van der Waals surface area contributed by atoms with Crippen molar-refractivity contribution in [3.8, 4) is 33.4 Å². The predicted octanol–water partition coefficient (Wildman–Crippen LogP) is 14.7. The highest BCUT2D eigenvalue weighted by Crippen LogP contribution is 2.51. The van der Waals surface area contributed by atoms with Crippen LogP contribution >= 0.6 is 0 Å². The molecule has 0 fully saturated rings. The van der Waals surface area contributed by atoms with Crippen molar-refractivity contribution in [3.05, 3.63) is 170 Å². The molecule has 0 bridgehead atoms. The lowest BCUT2D eigenvalue weighted by molar-refractivity contribution is 0.668. The lowest BCUT2D eigenvalue weighted by atomic mass is 9.83. The van der Waals surface area contributed by atoms with Gasteiger partial charge in [0.25, 0.3) is 0 Å². The molecule has 0 saturated heterocycles. The first kappa shape index (κ1) is 28.6. The van der Waals surface area contributed by atoms with Gasteiger partial charge in [-0.05, 0) is 85.8 Å². The largest absolute Gasteiger partial charge is 0.456 e. The van der Waals surface area contributed by atoms with E-state index in [1.54, 1.807) is 0 Å². The van der Waals surface area contributed by atoms with Crippen molar-refractivity contribution in [3.63, 3.8) is 0 Å². The standard InChI is InChI=1S/C50H28O3/c1-3-15-31-29(13-1)45(38-21-12-26-44-48(38)36-18-6-9-23-41(36)52-44)30-14-2-4-16-32(30)46(31)39-28-27-34(50-49(39)37-19-7-10-24-42(37)53-50)33-20-11-25-43-47(33)35-17-5-8-22-40(35)51-43/h1-28H. The predicted molar refractivity (Wildman–Crippen MR) is 220 cm³/mol. The van der Waals surface area contributed by atoms with Crippen molar-refractivity contribution >= 4 is 87.4 Å². The summed E-state index contributed by atoms with van der Waals surface area (Å²) in [4.78, 5) is 0. The van der Waals surface area contributed by atoms with Gasteiger partial charge in [-0.25, -0.2) is 0 Å². The molecule has 0 N–H and O–H groups in total. The minimum Gasteiger partial charge on any atom is -0.456 e. The van der Waals surface area contributed by atoms with Crippen molar-refractivity contribution in [1.29, 1.82) is 0 Å². The lowest BCUT2D eigenvalue weighted by Gasteiger charge is -2.19. The fourth-order valence-corrected chi connectivity index (χ4v) is 8.94. The Morgan fingerprint density at radius 3 is 1.11 bits per heavy atom. The van der Waals surface area contributed by atoms with Gasteiger partial charge >= 0.3 is 0 Å². The minimum atomic E-state index is 0.865. The zero-order valence-electron chi connectivity index (χ0n) is 28.4. The molecule has 3 nitrogen and oxygen atoms in total. The molecule has 3 aromatic heterocycles. The first-order valence-electron chi connectivity index (χ1n) is 18.0. The molecule has 12 aromatic rings. The Bertz CT molecular complexity index is 3410. The normalized spacial score (nSPS) is 12.2. The SMILES string of the molecule is c1ccc2c(c1)oc1cccc(-c3c4ccccc4c(-c4ccc(-c5cccc6oc7ccccc7c56)c5oc6ccccc6c45)c4ccccc34)c12.